The van der Waals surface area contributed by atoms with E-state index in [1.54, 1.807) is 17.7 Å². The molecule has 0 aliphatic heterocycles. The predicted molar refractivity (Wildman–Crippen MR) is 115 cm³/mol. The number of hydrogen-bond acceptors (Lipinski definition) is 6. The van der Waals surface area contributed by atoms with Crippen LogP contribution in [0.1, 0.15) is 70.2 Å². The SMILES string of the molecule is CCN(C(=O)OC(C)(C)C)[C@H]1CC[C@H](Oc2ncnc3sc4c(c23)CCC4)CC1. The fourth-order valence-corrected chi connectivity index (χ4v) is 5.70. The average Bonchev–Trinajstić information content (AvgIpc) is 3.23. The highest BCUT2D eigenvalue weighted by Gasteiger charge is 2.32. The van der Waals surface area contributed by atoms with Crippen LogP contribution in [0.15, 0.2) is 6.33 Å². The first-order valence-corrected chi connectivity index (χ1v) is 11.6. The zero-order valence-electron chi connectivity index (χ0n) is 17.9. The normalized spacial score (nSPS) is 21.8. The van der Waals surface area contributed by atoms with Crippen LogP contribution in [0.4, 0.5) is 4.79 Å². The molecule has 0 spiro atoms. The Labute approximate surface area is 176 Å². The molecule has 0 atom stereocenters. The lowest BCUT2D eigenvalue weighted by Crippen LogP contribution is -2.45. The summed E-state index contributed by atoms with van der Waals surface area (Å²) >= 11 is 1.79. The van der Waals surface area contributed by atoms with E-state index < -0.39 is 5.60 Å². The summed E-state index contributed by atoms with van der Waals surface area (Å²) in [5, 5.41) is 1.14. The topological polar surface area (TPSA) is 64.6 Å². The smallest absolute Gasteiger partial charge is 0.410 e. The van der Waals surface area contributed by atoms with E-state index >= 15 is 0 Å². The van der Waals surface area contributed by atoms with Crippen LogP contribution in [0.3, 0.4) is 0 Å². The lowest BCUT2D eigenvalue weighted by atomic mass is 9.92. The maximum absolute atomic E-state index is 12.5. The van der Waals surface area contributed by atoms with Gasteiger partial charge in [0, 0.05) is 17.5 Å². The van der Waals surface area contributed by atoms with Crippen molar-refractivity contribution in [1.29, 1.82) is 0 Å². The second-order valence-corrected chi connectivity index (χ2v) is 10.1. The molecule has 2 aromatic heterocycles. The molecule has 0 aromatic carbocycles. The van der Waals surface area contributed by atoms with Crippen LogP contribution in [0.25, 0.3) is 10.2 Å². The molecular weight excluding hydrogens is 386 g/mol. The summed E-state index contributed by atoms with van der Waals surface area (Å²) in [4.78, 5) is 25.9. The van der Waals surface area contributed by atoms with Gasteiger partial charge in [-0.15, -0.1) is 11.3 Å². The first-order valence-electron chi connectivity index (χ1n) is 10.8. The van der Waals surface area contributed by atoms with E-state index in [9.17, 15) is 4.79 Å². The fraction of sp³-hybridized carbons (Fsp3) is 0.682. The van der Waals surface area contributed by atoms with Gasteiger partial charge in [-0.2, -0.15) is 0 Å². The predicted octanol–water partition coefficient (Wildman–Crippen LogP) is 5.13. The number of rotatable bonds is 4. The van der Waals surface area contributed by atoms with Crippen molar-refractivity contribution in [3.8, 4) is 5.88 Å². The van der Waals surface area contributed by atoms with E-state index in [2.05, 4.69) is 9.97 Å². The van der Waals surface area contributed by atoms with E-state index in [0.29, 0.717) is 6.54 Å². The van der Waals surface area contributed by atoms with E-state index in [4.69, 9.17) is 9.47 Å². The molecule has 0 saturated heterocycles. The number of carbonyl (C=O) groups is 1. The lowest BCUT2D eigenvalue weighted by Gasteiger charge is -2.37. The zero-order chi connectivity index (χ0) is 20.6. The van der Waals surface area contributed by atoms with E-state index in [1.807, 2.05) is 32.6 Å². The van der Waals surface area contributed by atoms with Gasteiger partial charge in [0.15, 0.2) is 0 Å². The third-order valence-corrected chi connectivity index (χ3v) is 7.00. The van der Waals surface area contributed by atoms with Crippen LogP contribution in [0, 0.1) is 0 Å². The summed E-state index contributed by atoms with van der Waals surface area (Å²) in [6, 6.07) is 0.213. The van der Waals surface area contributed by atoms with Gasteiger partial charge in [0.05, 0.1) is 5.39 Å². The third-order valence-electron chi connectivity index (χ3n) is 5.80. The molecule has 7 heteroatoms. The third kappa shape index (κ3) is 4.34. The molecule has 6 nitrogen and oxygen atoms in total. The summed E-state index contributed by atoms with van der Waals surface area (Å²) in [7, 11) is 0. The molecule has 2 aliphatic rings. The van der Waals surface area contributed by atoms with Gasteiger partial charge >= 0.3 is 6.09 Å². The second-order valence-electron chi connectivity index (χ2n) is 9.03. The quantitative estimate of drug-likeness (QED) is 0.690. The van der Waals surface area contributed by atoms with E-state index in [0.717, 1.165) is 54.6 Å². The Kier molecular flexibility index (Phi) is 5.69. The Morgan fingerprint density at radius 3 is 2.66 bits per heavy atom. The minimum atomic E-state index is -0.468. The molecule has 158 valence electrons. The molecule has 0 unspecified atom stereocenters. The molecule has 4 rings (SSSR count). The van der Waals surface area contributed by atoms with Gasteiger partial charge in [0.1, 0.15) is 22.9 Å². The lowest BCUT2D eigenvalue weighted by molar-refractivity contribution is 0.00813. The second kappa shape index (κ2) is 8.09. The van der Waals surface area contributed by atoms with Crippen LogP contribution in [0.5, 0.6) is 5.88 Å². The Morgan fingerprint density at radius 1 is 1.21 bits per heavy atom. The Hall–Kier alpha value is -1.89. The van der Waals surface area contributed by atoms with Crippen molar-refractivity contribution in [1.82, 2.24) is 14.9 Å². The molecule has 1 amide bonds. The highest BCUT2D eigenvalue weighted by Crippen LogP contribution is 2.40. The number of fused-ring (bicyclic) bond motifs is 3. The van der Waals surface area contributed by atoms with Gasteiger partial charge in [0.2, 0.25) is 5.88 Å². The number of carbonyl (C=O) groups excluding carboxylic acids is 1. The van der Waals surface area contributed by atoms with Gasteiger partial charge in [-0.05, 0) is 78.2 Å². The van der Waals surface area contributed by atoms with E-state index in [1.165, 1.54) is 16.9 Å². The minimum absolute atomic E-state index is 0.138. The van der Waals surface area contributed by atoms with Gasteiger partial charge < -0.3 is 14.4 Å². The van der Waals surface area contributed by atoms with Gasteiger partial charge in [-0.3, -0.25) is 0 Å². The highest BCUT2D eigenvalue weighted by molar-refractivity contribution is 7.18. The molecule has 1 saturated carbocycles. The first kappa shape index (κ1) is 20.4. The number of aryl methyl sites for hydroxylation is 2. The van der Waals surface area contributed by atoms with Crippen molar-refractivity contribution >= 4 is 27.6 Å². The molecule has 0 N–H and O–H groups in total. The summed E-state index contributed by atoms with van der Waals surface area (Å²) in [6.07, 6.45) is 8.70. The molecule has 2 aliphatic carbocycles. The number of aromatic nitrogens is 2. The van der Waals surface area contributed by atoms with Crippen molar-refractivity contribution < 1.29 is 14.3 Å². The van der Waals surface area contributed by atoms with Crippen molar-refractivity contribution in [2.75, 3.05) is 6.54 Å². The number of hydrogen-bond donors (Lipinski definition) is 0. The first-order chi connectivity index (χ1) is 13.9. The molecule has 29 heavy (non-hydrogen) atoms. The summed E-state index contributed by atoms with van der Waals surface area (Å²) in [5.74, 6) is 0.748. The molecule has 1 fully saturated rings. The van der Waals surface area contributed by atoms with Crippen LogP contribution >= 0.6 is 11.3 Å². The van der Waals surface area contributed by atoms with Gasteiger partial charge in [-0.25, -0.2) is 14.8 Å². The standard InChI is InChI=1S/C22H31N3O3S/c1-5-25(21(26)28-22(2,3)4)14-9-11-15(12-10-14)27-19-18-16-7-6-8-17(16)29-20(18)24-13-23-19/h13-15H,5-12H2,1-4H3/t14-,15-. The van der Waals surface area contributed by atoms with Crippen molar-refractivity contribution in [3.05, 3.63) is 16.8 Å². The van der Waals surface area contributed by atoms with Crippen molar-refractivity contribution in [3.63, 3.8) is 0 Å². The Balaban J connectivity index is 1.40. The maximum atomic E-state index is 12.5. The minimum Gasteiger partial charge on any atom is -0.474 e. The van der Waals surface area contributed by atoms with Crippen molar-refractivity contribution in [2.45, 2.75) is 90.4 Å². The summed E-state index contributed by atoms with van der Waals surface area (Å²) < 4.78 is 12.0. The fourth-order valence-electron chi connectivity index (χ4n) is 4.48. The number of amides is 1. The monoisotopic (exact) mass is 417 g/mol. The number of thiophene rings is 1. The van der Waals surface area contributed by atoms with Gasteiger partial charge in [-0.1, -0.05) is 0 Å². The van der Waals surface area contributed by atoms with Crippen LogP contribution in [-0.4, -0.2) is 45.3 Å². The van der Waals surface area contributed by atoms with Crippen LogP contribution in [0.2, 0.25) is 0 Å². The van der Waals surface area contributed by atoms with Crippen LogP contribution in [-0.2, 0) is 17.6 Å². The van der Waals surface area contributed by atoms with Crippen molar-refractivity contribution in [2.24, 2.45) is 0 Å². The largest absolute Gasteiger partial charge is 0.474 e. The maximum Gasteiger partial charge on any atom is 0.410 e. The highest BCUT2D eigenvalue weighted by atomic mass is 32.1. The zero-order valence-corrected chi connectivity index (χ0v) is 18.7. The Bertz CT molecular complexity index is 881. The number of ether oxygens (including phenoxy) is 2. The van der Waals surface area contributed by atoms with Gasteiger partial charge in [0.25, 0.3) is 0 Å². The average molecular weight is 418 g/mol. The number of nitrogens with zero attached hydrogens (tertiary/aromatic N) is 3. The molecule has 0 bridgehead atoms. The summed E-state index contributed by atoms with van der Waals surface area (Å²) in [6.45, 7) is 8.41. The summed E-state index contributed by atoms with van der Waals surface area (Å²) in [5.41, 5.74) is 0.931. The molecule has 0 radical (unpaired) electrons. The van der Waals surface area contributed by atoms with Crippen LogP contribution < -0.4 is 4.74 Å². The molecule has 2 aromatic rings. The van der Waals surface area contributed by atoms with E-state index in [-0.39, 0.29) is 18.2 Å². The Morgan fingerprint density at radius 2 is 1.97 bits per heavy atom. The molecular formula is C22H31N3O3S. The molecule has 2 heterocycles.